The van der Waals surface area contributed by atoms with E-state index in [9.17, 15) is 9.59 Å². The first-order chi connectivity index (χ1) is 15.1. The van der Waals surface area contributed by atoms with Crippen LogP contribution in [0.4, 0.5) is 0 Å². The summed E-state index contributed by atoms with van der Waals surface area (Å²) in [4.78, 5) is 25.2. The van der Waals surface area contributed by atoms with Gasteiger partial charge in [0, 0.05) is 11.6 Å². The van der Waals surface area contributed by atoms with Crippen LogP contribution in [0, 0.1) is 5.92 Å². The summed E-state index contributed by atoms with van der Waals surface area (Å²) in [5.41, 5.74) is 2.59. The first-order valence-corrected chi connectivity index (χ1v) is 10.8. The van der Waals surface area contributed by atoms with E-state index in [1.165, 1.54) is 0 Å². The van der Waals surface area contributed by atoms with Gasteiger partial charge in [-0.2, -0.15) is 5.10 Å². The normalized spacial score (nSPS) is 18.4. The van der Waals surface area contributed by atoms with Crippen LogP contribution in [0.15, 0.2) is 66.7 Å². The average molecular weight is 418 g/mol. The number of rotatable bonds is 6. The molecule has 3 aromatic rings. The van der Waals surface area contributed by atoms with Crippen molar-refractivity contribution in [3.63, 3.8) is 0 Å². The number of nitrogens with zero attached hydrogens (tertiary/aromatic N) is 2. The maximum atomic E-state index is 12.9. The van der Waals surface area contributed by atoms with Crippen molar-refractivity contribution >= 4 is 11.9 Å². The zero-order valence-corrected chi connectivity index (χ0v) is 17.7. The first kappa shape index (κ1) is 20.8. The summed E-state index contributed by atoms with van der Waals surface area (Å²) in [6.45, 7) is 1.94. The molecule has 1 aromatic heterocycles. The van der Waals surface area contributed by atoms with E-state index in [0.717, 1.165) is 36.9 Å². The second kappa shape index (κ2) is 9.60. The number of carbonyl (C=O) groups excluding carboxylic acids is 2. The Morgan fingerprint density at radius 1 is 1.00 bits per heavy atom. The van der Waals surface area contributed by atoms with Gasteiger partial charge in [0.15, 0.2) is 12.3 Å². The van der Waals surface area contributed by atoms with Crippen LogP contribution in [0.1, 0.15) is 43.1 Å². The number of benzene rings is 2. The number of esters is 1. The van der Waals surface area contributed by atoms with Gasteiger partial charge in [0.2, 0.25) is 0 Å². The molecule has 1 N–H and O–H groups in total. The van der Waals surface area contributed by atoms with Gasteiger partial charge in [-0.05, 0) is 49.8 Å². The molecule has 0 unspecified atom stereocenters. The van der Waals surface area contributed by atoms with Crippen molar-refractivity contribution < 1.29 is 14.3 Å². The second-order valence-corrected chi connectivity index (χ2v) is 8.13. The summed E-state index contributed by atoms with van der Waals surface area (Å²) in [6.07, 6.45) is 4.18. The second-order valence-electron chi connectivity index (χ2n) is 8.13. The summed E-state index contributed by atoms with van der Waals surface area (Å²) in [7, 11) is 0. The molecule has 4 rings (SSSR count). The van der Waals surface area contributed by atoms with Crippen LogP contribution in [-0.2, 0) is 9.53 Å². The fourth-order valence-electron chi connectivity index (χ4n) is 3.92. The van der Waals surface area contributed by atoms with E-state index < -0.39 is 5.97 Å². The van der Waals surface area contributed by atoms with Crippen molar-refractivity contribution in [2.24, 2.45) is 5.92 Å². The Labute approximate surface area is 182 Å². The molecule has 2 aromatic carbocycles. The van der Waals surface area contributed by atoms with Crippen LogP contribution < -0.4 is 5.32 Å². The molecule has 1 aliphatic carbocycles. The molecule has 6 nitrogen and oxygen atoms in total. The molecule has 160 valence electrons. The predicted octanol–water partition coefficient (Wildman–Crippen LogP) is 4.39. The number of para-hydroxylation sites is 1. The van der Waals surface area contributed by atoms with Crippen molar-refractivity contribution in [1.82, 2.24) is 15.1 Å². The van der Waals surface area contributed by atoms with Crippen LogP contribution in [0.25, 0.3) is 16.9 Å². The Bertz CT molecular complexity index is 1020. The largest absolute Gasteiger partial charge is 0.451 e. The van der Waals surface area contributed by atoms with Crippen molar-refractivity contribution in [2.75, 3.05) is 6.61 Å². The predicted molar refractivity (Wildman–Crippen MR) is 119 cm³/mol. The third-order valence-electron chi connectivity index (χ3n) is 5.70. The van der Waals surface area contributed by atoms with E-state index in [1.54, 1.807) is 10.7 Å². The maximum Gasteiger partial charge on any atom is 0.357 e. The number of amides is 1. The molecule has 0 spiro atoms. The van der Waals surface area contributed by atoms with Gasteiger partial charge >= 0.3 is 5.97 Å². The van der Waals surface area contributed by atoms with Crippen molar-refractivity contribution in [1.29, 1.82) is 0 Å². The first-order valence-electron chi connectivity index (χ1n) is 10.8. The van der Waals surface area contributed by atoms with Gasteiger partial charge in [-0.3, -0.25) is 4.79 Å². The fourth-order valence-corrected chi connectivity index (χ4v) is 3.92. The van der Waals surface area contributed by atoms with Gasteiger partial charge in [-0.25, -0.2) is 9.48 Å². The lowest BCUT2D eigenvalue weighted by atomic mass is 9.87. The topological polar surface area (TPSA) is 73.2 Å². The maximum absolute atomic E-state index is 12.9. The summed E-state index contributed by atoms with van der Waals surface area (Å²) in [6, 6.07) is 20.9. The molecule has 1 amide bonds. The van der Waals surface area contributed by atoms with Crippen LogP contribution in [0.5, 0.6) is 0 Å². The Balaban J connectivity index is 1.47. The summed E-state index contributed by atoms with van der Waals surface area (Å²) >= 11 is 0. The van der Waals surface area contributed by atoms with Gasteiger partial charge in [0.05, 0.1) is 11.4 Å². The zero-order chi connectivity index (χ0) is 21.6. The number of hydrogen-bond donors (Lipinski definition) is 1. The Morgan fingerprint density at radius 3 is 2.32 bits per heavy atom. The van der Waals surface area contributed by atoms with Crippen molar-refractivity contribution in [3.8, 4) is 16.9 Å². The zero-order valence-electron chi connectivity index (χ0n) is 17.7. The average Bonchev–Trinajstić information content (AvgIpc) is 3.26. The highest BCUT2D eigenvalue weighted by molar-refractivity contribution is 5.91. The van der Waals surface area contributed by atoms with Gasteiger partial charge in [0.1, 0.15) is 0 Å². The Kier molecular flexibility index (Phi) is 6.46. The molecule has 1 fully saturated rings. The highest BCUT2D eigenvalue weighted by Crippen LogP contribution is 2.24. The van der Waals surface area contributed by atoms with E-state index >= 15 is 0 Å². The lowest BCUT2D eigenvalue weighted by Gasteiger charge is -2.26. The van der Waals surface area contributed by atoms with E-state index in [4.69, 9.17) is 4.74 Å². The Morgan fingerprint density at radius 2 is 1.65 bits per heavy atom. The number of ether oxygens (including phenoxy) is 1. The van der Waals surface area contributed by atoms with Crippen LogP contribution in [0.3, 0.4) is 0 Å². The minimum atomic E-state index is -0.578. The van der Waals surface area contributed by atoms with Crippen LogP contribution in [0.2, 0.25) is 0 Å². The molecule has 6 heteroatoms. The third-order valence-corrected chi connectivity index (χ3v) is 5.70. The monoisotopic (exact) mass is 417 g/mol. The van der Waals surface area contributed by atoms with E-state index in [2.05, 4.69) is 17.3 Å². The van der Waals surface area contributed by atoms with Gasteiger partial charge in [0.25, 0.3) is 5.91 Å². The quantitative estimate of drug-likeness (QED) is 0.604. The molecule has 0 saturated heterocycles. The highest BCUT2D eigenvalue weighted by atomic mass is 16.5. The summed E-state index contributed by atoms with van der Waals surface area (Å²) in [5.74, 6) is -0.129. The van der Waals surface area contributed by atoms with Crippen LogP contribution in [-0.4, -0.2) is 34.3 Å². The third kappa shape index (κ3) is 5.20. The molecular formula is C25H27N3O3. The van der Waals surface area contributed by atoms with Gasteiger partial charge < -0.3 is 10.1 Å². The SMILES string of the molecule is CC1CCC(NC(=O)COC(=O)c2cc(-c3ccccc3)nn2-c2ccccc2)CC1. The molecule has 0 bridgehead atoms. The van der Waals surface area contributed by atoms with Gasteiger partial charge in [-0.15, -0.1) is 0 Å². The summed E-state index contributed by atoms with van der Waals surface area (Å²) < 4.78 is 6.91. The lowest BCUT2D eigenvalue weighted by molar-refractivity contribution is -0.125. The minimum Gasteiger partial charge on any atom is -0.451 e. The number of hydrogen-bond acceptors (Lipinski definition) is 4. The number of nitrogens with one attached hydrogen (secondary N) is 1. The smallest absolute Gasteiger partial charge is 0.357 e. The fraction of sp³-hybridized carbons (Fsp3) is 0.320. The molecule has 1 aliphatic rings. The minimum absolute atomic E-state index is 0.168. The number of aromatic nitrogens is 2. The molecule has 31 heavy (non-hydrogen) atoms. The lowest BCUT2D eigenvalue weighted by Crippen LogP contribution is -2.39. The van der Waals surface area contributed by atoms with Crippen molar-refractivity contribution in [2.45, 2.75) is 38.6 Å². The molecule has 0 radical (unpaired) electrons. The molecule has 0 aliphatic heterocycles. The molecule has 1 saturated carbocycles. The van der Waals surface area contributed by atoms with E-state index in [1.807, 2.05) is 60.7 Å². The standard InChI is InChI=1S/C25H27N3O3/c1-18-12-14-20(15-13-18)26-24(29)17-31-25(30)23-16-22(19-8-4-2-5-9-19)27-28(23)21-10-6-3-7-11-21/h2-11,16,18,20H,12-15,17H2,1H3,(H,26,29). The van der Waals surface area contributed by atoms with Crippen molar-refractivity contribution in [3.05, 3.63) is 72.4 Å². The van der Waals surface area contributed by atoms with Gasteiger partial charge in [-0.1, -0.05) is 55.5 Å². The molecular weight excluding hydrogens is 390 g/mol. The molecule has 0 atom stereocenters. The highest BCUT2D eigenvalue weighted by Gasteiger charge is 2.22. The van der Waals surface area contributed by atoms with E-state index in [0.29, 0.717) is 11.6 Å². The van der Waals surface area contributed by atoms with Crippen LogP contribution >= 0.6 is 0 Å². The van der Waals surface area contributed by atoms with E-state index in [-0.39, 0.29) is 24.2 Å². The number of carbonyl (C=O) groups is 2. The Hall–Kier alpha value is -3.41. The summed E-state index contributed by atoms with van der Waals surface area (Å²) in [5, 5.41) is 7.60. The molecule has 1 heterocycles.